The van der Waals surface area contributed by atoms with Crippen LogP contribution in [0, 0.1) is 0 Å². The van der Waals surface area contributed by atoms with Crippen molar-refractivity contribution in [2.24, 2.45) is 0 Å². The molecule has 1 heterocycles. The molecule has 0 radical (unpaired) electrons. The zero-order valence-electron chi connectivity index (χ0n) is 10.5. The summed E-state index contributed by atoms with van der Waals surface area (Å²) in [6.07, 6.45) is 6.16. The second-order valence-electron chi connectivity index (χ2n) is 4.60. The second-order valence-corrected chi connectivity index (χ2v) is 7.11. The van der Waals surface area contributed by atoms with Crippen molar-refractivity contribution in [2.75, 3.05) is 18.4 Å². The minimum absolute atomic E-state index is 0.142. The Morgan fingerprint density at radius 3 is 2.71 bits per heavy atom. The Kier molecular flexibility index (Phi) is 6.99. The predicted molar refractivity (Wildman–Crippen MR) is 74.6 cm³/mol. The third kappa shape index (κ3) is 5.24. The highest BCUT2D eigenvalue weighted by molar-refractivity contribution is 9.09. The molecule has 0 aliphatic carbocycles. The van der Waals surface area contributed by atoms with Gasteiger partial charge in [0.25, 0.3) is 10.2 Å². The van der Waals surface area contributed by atoms with Crippen molar-refractivity contribution in [2.45, 2.75) is 51.5 Å². The molecule has 6 heteroatoms. The Bertz CT molecular complexity index is 309. The summed E-state index contributed by atoms with van der Waals surface area (Å²) in [7, 11) is -3.25. The van der Waals surface area contributed by atoms with E-state index in [2.05, 4.69) is 20.7 Å². The van der Waals surface area contributed by atoms with Gasteiger partial charge < -0.3 is 0 Å². The summed E-state index contributed by atoms with van der Waals surface area (Å²) < 4.78 is 28.4. The first-order chi connectivity index (χ1) is 8.08. The molecular formula is C11H23BrN2O2S. The lowest BCUT2D eigenvalue weighted by atomic mass is 10.1. The van der Waals surface area contributed by atoms with Crippen molar-refractivity contribution in [1.29, 1.82) is 0 Å². The highest BCUT2D eigenvalue weighted by Gasteiger charge is 2.28. The van der Waals surface area contributed by atoms with E-state index < -0.39 is 10.2 Å². The van der Waals surface area contributed by atoms with E-state index in [1.165, 1.54) is 0 Å². The van der Waals surface area contributed by atoms with Crippen LogP contribution in [-0.4, -0.2) is 37.2 Å². The molecule has 1 saturated heterocycles. The fourth-order valence-corrected chi connectivity index (χ4v) is 4.02. The van der Waals surface area contributed by atoms with Gasteiger partial charge in [-0.3, -0.25) is 0 Å². The third-order valence-electron chi connectivity index (χ3n) is 3.15. The molecule has 17 heavy (non-hydrogen) atoms. The average molecular weight is 327 g/mol. The summed E-state index contributed by atoms with van der Waals surface area (Å²) in [6.45, 7) is 3.21. The minimum Gasteiger partial charge on any atom is -0.202 e. The van der Waals surface area contributed by atoms with Crippen LogP contribution >= 0.6 is 15.9 Å². The molecule has 1 fully saturated rings. The Balaban J connectivity index is 2.34. The first-order valence-corrected chi connectivity index (χ1v) is 8.96. The Labute approximate surface area is 113 Å². The summed E-state index contributed by atoms with van der Waals surface area (Å²) >= 11 is 3.36. The zero-order chi connectivity index (χ0) is 12.7. The smallest absolute Gasteiger partial charge is 0.202 e. The van der Waals surface area contributed by atoms with Gasteiger partial charge in [0.15, 0.2) is 0 Å². The van der Waals surface area contributed by atoms with E-state index in [9.17, 15) is 8.42 Å². The molecule has 1 atom stereocenters. The van der Waals surface area contributed by atoms with Gasteiger partial charge in [0.05, 0.1) is 0 Å². The average Bonchev–Trinajstić information content (AvgIpc) is 2.29. The van der Waals surface area contributed by atoms with Crippen molar-refractivity contribution < 1.29 is 8.42 Å². The van der Waals surface area contributed by atoms with Gasteiger partial charge in [-0.1, -0.05) is 28.8 Å². The second kappa shape index (κ2) is 7.71. The van der Waals surface area contributed by atoms with Gasteiger partial charge in [0.1, 0.15) is 0 Å². The summed E-state index contributed by atoms with van der Waals surface area (Å²) in [4.78, 5) is 0. The SMILES string of the molecule is CC1CCCCN1S(=O)(=O)NCCCCCBr. The van der Waals surface area contributed by atoms with Gasteiger partial charge in [-0.2, -0.15) is 12.7 Å². The molecule has 0 aromatic rings. The Morgan fingerprint density at radius 2 is 2.06 bits per heavy atom. The minimum atomic E-state index is -3.25. The molecule has 1 rings (SSSR count). The largest absolute Gasteiger partial charge is 0.279 e. The van der Waals surface area contributed by atoms with E-state index in [4.69, 9.17) is 0 Å². The highest BCUT2D eigenvalue weighted by atomic mass is 79.9. The van der Waals surface area contributed by atoms with Crippen LogP contribution in [0.25, 0.3) is 0 Å². The van der Waals surface area contributed by atoms with Crippen molar-refractivity contribution in [3.63, 3.8) is 0 Å². The topological polar surface area (TPSA) is 49.4 Å². The number of nitrogens with zero attached hydrogens (tertiary/aromatic N) is 1. The highest BCUT2D eigenvalue weighted by Crippen LogP contribution is 2.18. The van der Waals surface area contributed by atoms with Gasteiger partial charge in [-0.25, -0.2) is 4.72 Å². The number of piperidine rings is 1. The van der Waals surface area contributed by atoms with E-state index >= 15 is 0 Å². The number of hydrogen-bond donors (Lipinski definition) is 1. The number of unbranched alkanes of at least 4 members (excludes halogenated alkanes) is 2. The molecule has 0 aromatic heterocycles. The monoisotopic (exact) mass is 326 g/mol. The lowest BCUT2D eigenvalue weighted by Crippen LogP contribution is -2.48. The number of alkyl halides is 1. The lowest BCUT2D eigenvalue weighted by Gasteiger charge is -2.32. The van der Waals surface area contributed by atoms with Crippen LogP contribution in [0.1, 0.15) is 45.4 Å². The molecule has 0 saturated carbocycles. The van der Waals surface area contributed by atoms with Gasteiger partial charge in [0, 0.05) is 24.5 Å². The standard InChI is InChI=1S/C11H23BrN2O2S/c1-11-7-3-6-10-14(11)17(15,16)13-9-5-2-4-8-12/h11,13H,2-10H2,1H3. The van der Waals surface area contributed by atoms with Crippen molar-refractivity contribution >= 4 is 26.1 Å². The van der Waals surface area contributed by atoms with E-state index in [1.807, 2.05) is 6.92 Å². The molecule has 0 amide bonds. The molecule has 1 unspecified atom stereocenters. The number of rotatable bonds is 7. The van der Waals surface area contributed by atoms with E-state index in [0.29, 0.717) is 13.1 Å². The Hall–Kier alpha value is 0.350. The number of hydrogen-bond acceptors (Lipinski definition) is 2. The normalized spacial score (nSPS) is 22.8. The summed E-state index contributed by atoms with van der Waals surface area (Å²) in [5, 5.41) is 0.989. The fraction of sp³-hybridized carbons (Fsp3) is 1.00. The number of nitrogens with one attached hydrogen (secondary N) is 1. The van der Waals surface area contributed by atoms with E-state index in [0.717, 1.165) is 43.9 Å². The van der Waals surface area contributed by atoms with Crippen LogP contribution in [-0.2, 0) is 10.2 Å². The fourth-order valence-electron chi connectivity index (χ4n) is 2.11. The molecule has 102 valence electrons. The van der Waals surface area contributed by atoms with Crippen LogP contribution in [0.3, 0.4) is 0 Å². The summed E-state index contributed by atoms with van der Waals surface area (Å²) in [5.41, 5.74) is 0. The van der Waals surface area contributed by atoms with E-state index in [-0.39, 0.29) is 6.04 Å². The molecule has 0 spiro atoms. The van der Waals surface area contributed by atoms with Crippen LogP contribution in [0.15, 0.2) is 0 Å². The quantitative estimate of drug-likeness (QED) is 0.576. The van der Waals surface area contributed by atoms with Crippen molar-refractivity contribution in [3.8, 4) is 0 Å². The van der Waals surface area contributed by atoms with E-state index in [1.54, 1.807) is 4.31 Å². The van der Waals surface area contributed by atoms with Gasteiger partial charge in [-0.15, -0.1) is 0 Å². The van der Waals surface area contributed by atoms with Crippen LogP contribution in [0.4, 0.5) is 0 Å². The van der Waals surface area contributed by atoms with Gasteiger partial charge >= 0.3 is 0 Å². The first kappa shape index (κ1) is 15.4. The molecule has 1 aliphatic heterocycles. The maximum Gasteiger partial charge on any atom is 0.279 e. The molecule has 1 aliphatic rings. The zero-order valence-corrected chi connectivity index (χ0v) is 12.9. The predicted octanol–water partition coefficient (Wildman–Crippen LogP) is 2.26. The van der Waals surface area contributed by atoms with Crippen molar-refractivity contribution in [1.82, 2.24) is 9.03 Å². The summed E-state index contributed by atoms with van der Waals surface area (Å²) in [6, 6.07) is 0.142. The third-order valence-corrected chi connectivity index (χ3v) is 5.44. The maximum atomic E-state index is 12.0. The Morgan fingerprint density at radius 1 is 1.29 bits per heavy atom. The van der Waals surface area contributed by atoms with Crippen LogP contribution in [0.5, 0.6) is 0 Å². The number of halogens is 1. The molecule has 0 aromatic carbocycles. The lowest BCUT2D eigenvalue weighted by molar-refractivity contribution is 0.265. The van der Waals surface area contributed by atoms with Crippen LogP contribution < -0.4 is 4.72 Å². The molecule has 1 N–H and O–H groups in total. The molecular weight excluding hydrogens is 304 g/mol. The molecule has 4 nitrogen and oxygen atoms in total. The molecule has 0 bridgehead atoms. The first-order valence-electron chi connectivity index (χ1n) is 6.40. The van der Waals surface area contributed by atoms with Crippen LogP contribution in [0.2, 0.25) is 0 Å². The summed E-state index contributed by atoms with van der Waals surface area (Å²) in [5.74, 6) is 0. The van der Waals surface area contributed by atoms with Crippen molar-refractivity contribution in [3.05, 3.63) is 0 Å². The maximum absolute atomic E-state index is 12.0. The van der Waals surface area contributed by atoms with Gasteiger partial charge in [0.2, 0.25) is 0 Å². The van der Waals surface area contributed by atoms with Gasteiger partial charge in [-0.05, 0) is 32.6 Å².